The molecule has 1 aliphatic carbocycles. The normalized spacial score (nSPS) is 27.1. The molecule has 0 spiro atoms. The first-order chi connectivity index (χ1) is 5.77. The second-order valence-corrected chi connectivity index (χ2v) is 2.81. The van der Waals surface area contributed by atoms with E-state index < -0.39 is 0 Å². The molecule has 0 aliphatic heterocycles. The molecule has 0 aromatic heterocycles. The Balaban J connectivity index is 2.22. The predicted molar refractivity (Wildman–Crippen MR) is 43.4 cm³/mol. The molecule has 0 unspecified atom stereocenters. The Bertz CT molecular complexity index is 208. The van der Waals surface area contributed by atoms with Gasteiger partial charge in [-0.25, -0.2) is 4.79 Å². The maximum atomic E-state index is 10.8. The van der Waals surface area contributed by atoms with Gasteiger partial charge in [0.2, 0.25) is 0 Å². The summed E-state index contributed by atoms with van der Waals surface area (Å²) in [6.45, 7) is 2.15. The summed E-state index contributed by atoms with van der Waals surface area (Å²) in [4.78, 5) is 21.0. The molecule has 1 aliphatic rings. The Morgan fingerprint density at radius 3 is 2.83 bits per heavy atom. The van der Waals surface area contributed by atoms with E-state index in [0.717, 1.165) is 12.7 Å². The molecule has 0 radical (unpaired) electrons. The van der Waals surface area contributed by atoms with Gasteiger partial charge in [-0.1, -0.05) is 6.08 Å². The van der Waals surface area contributed by atoms with E-state index in [4.69, 9.17) is 0 Å². The zero-order valence-electron chi connectivity index (χ0n) is 7.03. The molecule has 1 saturated carbocycles. The Labute approximate surface area is 71.4 Å². The first kappa shape index (κ1) is 8.97. The highest BCUT2D eigenvalue weighted by atomic mass is 16.5. The number of ether oxygens (including phenoxy) is 1. The molecular weight excluding hydrogens is 156 g/mol. The van der Waals surface area contributed by atoms with Gasteiger partial charge in [-0.15, -0.1) is 0 Å². The average molecular weight is 168 g/mol. The number of hydrogen-bond acceptors (Lipinski definition) is 3. The van der Waals surface area contributed by atoms with E-state index in [9.17, 15) is 9.59 Å². The molecule has 12 heavy (non-hydrogen) atoms. The highest BCUT2D eigenvalue weighted by Gasteiger charge is 2.34. The number of hydrogen-bond donors (Lipinski definition) is 0. The molecule has 66 valence electrons. The second kappa shape index (κ2) is 4.04. The fourth-order valence-electron chi connectivity index (χ4n) is 1.01. The van der Waals surface area contributed by atoms with Crippen molar-refractivity contribution in [1.29, 1.82) is 0 Å². The van der Waals surface area contributed by atoms with Crippen LogP contribution in [0.15, 0.2) is 12.2 Å². The van der Waals surface area contributed by atoms with E-state index in [1.165, 1.54) is 6.08 Å². The van der Waals surface area contributed by atoms with E-state index in [2.05, 4.69) is 4.74 Å². The number of esters is 1. The Morgan fingerprint density at radius 1 is 1.58 bits per heavy atom. The van der Waals surface area contributed by atoms with Gasteiger partial charge in [0, 0.05) is 12.0 Å². The zero-order chi connectivity index (χ0) is 8.97. The summed E-state index contributed by atoms with van der Waals surface area (Å²) in [5.41, 5.74) is 0. The Morgan fingerprint density at radius 2 is 2.33 bits per heavy atom. The fourth-order valence-corrected chi connectivity index (χ4v) is 1.01. The summed E-state index contributed by atoms with van der Waals surface area (Å²) in [5.74, 6) is 0.0802. The summed E-state index contributed by atoms with van der Waals surface area (Å²) in [6.07, 6.45) is 4.95. The van der Waals surface area contributed by atoms with Crippen molar-refractivity contribution in [3.8, 4) is 0 Å². The largest absolute Gasteiger partial charge is 0.463 e. The topological polar surface area (TPSA) is 43.4 Å². The fraction of sp³-hybridized carbons (Fsp3) is 0.556. The molecular formula is C9H12O3. The van der Waals surface area contributed by atoms with Crippen LogP contribution in [0.4, 0.5) is 0 Å². The van der Waals surface area contributed by atoms with E-state index in [1.54, 1.807) is 13.0 Å². The lowest BCUT2D eigenvalue weighted by atomic mass is 10.3. The Kier molecular flexibility index (Phi) is 3.02. The van der Waals surface area contributed by atoms with Crippen LogP contribution >= 0.6 is 0 Å². The quantitative estimate of drug-likeness (QED) is 0.356. The minimum atomic E-state index is -0.325. The molecule has 0 amide bonds. The van der Waals surface area contributed by atoms with Gasteiger partial charge in [-0.05, 0) is 19.3 Å². The number of rotatable bonds is 4. The van der Waals surface area contributed by atoms with Crippen molar-refractivity contribution in [3.05, 3.63) is 12.2 Å². The SMILES string of the molecule is CCOC(=O)/C=C/[C@@H]1C[C@@H]1C=O. The first-order valence-corrected chi connectivity index (χ1v) is 4.08. The van der Waals surface area contributed by atoms with Gasteiger partial charge in [0.05, 0.1) is 6.61 Å². The number of carbonyl (C=O) groups is 2. The minimum absolute atomic E-state index is 0.135. The summed E-state index contributed by atoms with van der Waals surface area (Å²) in [5, 5.41) is 0. The van der Waals surface area contributed by atoms with E-state index in [0.29, 0.717) is 6.61 Å². The van der Waals surface area contributed by atoms with Gasteiger partial charge in [0.25, 0.3) is 0 Å². The molecule has 3 heteroatoms. The molecule has 1 rings (SSSR count). The lowest BCUT2D eigenvalue weighted by Crippen LogP contribution is -1.99. The second-order valence-electron chi connectivity index (χ2n) is 2.81. The highest BCUT2D eigenvalue weighted by molar-refractivity contribution is 5.82. The zero-order valence-corrected chi connectivity index (χ0v) is 7.03. The summed E-state index contributed by atoms with van der Waals surface area (Å²) >= 11 is 0. The van der Waals surface area contributed by atoms with Gasteiger partial charge in [-0.3, -0.25) is 0 Å². The van der Waals surface area contributed by atoms with Gasteiger partial charge < -0.3 is 9.53 Å². The third kappa shape index (κ3) is 2.49. The average Bonchev–Trinajstić information content (AvgIpc) is 2.80. The van der Waals surface area contributed by atoms with Crippen LogP contribution in [0.3, 0.4) is 0 Å². The van der Waals surface area contributed by atoms with Crippen LogP contribution < -0.4 is 0 Å². The standard InChI is InChI=1S/C9H12O3/c1-2-12-9(11)4-3-7-5-8(7)6-10/h3-4,6-8H,2,5H2,1H3/b4-3+/t7-,8-/m1/s1. The number of carbonyl (C=O) groups excluding carboxylic acids is 2. The number of allylic oxidation sites excluding steroid dienone is 1. The monoisotopic (exact) mass is 168 g/mol. The maximum Gasteiger partial charge on any atom is 0.330 e. The highest BCUT2D eigenvalue weighted by Crippen LogP contribution is 2.37. The summed E-state index contributed by atoms with van der Waals surface area (Å²) in [7, 11) is 0. The van der Waals surface area contributed by atoms with Gasteiger partial charge in [0.1, 0.15) is 6.29 Å². The van der Waals surface area contributed by atoms with Crippen LogP contribution in [-0.4, -0.2) is 18.9 Å². The van der Waals surface area contributed by atoms with E-state index in [-0.39, 0.29) is 17.8 Å². The van der Waals surface area contributed by atoms with Crippen LogP contribution in [0.5, 0.6) is 0 Å². The maximum absolute atomic E-state index is 10.8. The minimum Gasteiger partial charge on any atom is -0.463 e. The van der Waals surface area contributed by atoms with E-state index in [1.807, 2.05) is 0 Å². The molecule has 0 bridgehead atoms. The van der Waals surface area contributed by atoms with Crippen molar-refractivity contribution in [2.75, 3.05) is 6.61 Å². The van der Waals surface area contributed by atoms with Crippen molar-refractivity contribution in [3.63, 3.8) is 0 Å². The van der Waals surface area contributed by atoms with Crippen LogP contribution in [-0.2, 0) is 14.3 Å². The third-order valence-electron chi connectivity index (χ3n) is 1.83. The van der Waals surface area contributed by atoms with Gasteiger partial charge in [-0.2, -0.15) is 0 Å². The molecule has 2 atom stereocenters. The molecule has 3 nitrogen and oxygen atoms in total. The van der Waals surface area contributed by atoms with E-state index >= 15 is 0 Å². The van der Waals surface area contributed by atoms with Crippen molar-refractivity contribution in [2.24, 2.45) is 11.8 Å². The molecule has 1 fully saturated rings. The first-order valence-electron chi connectivity index (χ1n) is 4.08. The molecule has 0 aromatic carbocycles. The van der Waals surface area contributed by atoms with Crippen LogP contribution in [0.25, 0.3) is 0 Å². The third-order valence-corrected chi connectivity index (χ3v) is 1.83. The van der Waals surface area contributed by atoms with Gasteiger partial charge >= 0.3 is 5.97 Å². The van der Waals surface area contributed by atoms with Crippen molar-refractivity contribution in [2.45, 2.75) is 13.3 Å². The van der Waals surface area contributed by atoms with Crippen LogP contribution in [0.1, 0.15) is 13.3 Å². The summed E-state index contributed by atoms with van der Waals surface area (Å²) < 4.78 is 4.67. The van der Waals surface area contributed by atoms with Gasteiger partial charge in [0.15, 0.2) is 0 Å². The van der Waals surface area contributed by atoms with Crippen LogP contribution in [0, 0.1) is 11.8 Å². The lowest BCUT2D eigenvalue weighted by molar-refractivity contribution is -0.137. The van der Waals surface area contributed by atoms with Crippen molar-refractivity contribution >= 4 is 12.3 Å². The molecule has 0 N–H and O–H groups in total. The van der Waals surface area contributed by atoms with Crippen molar-refractivity contribution in [1.82, 2.24) is 0 Å². The molecule has 0 aromatic rings. The predicted octanol–water partition coefficient (Wildman–Crippen LogP) is 0.941. The number of aldehydes is 1. The molecule has 0 saturated heterocycles. The lowest BCUT2D eigenvalue weighted by Gasteiger charge is -1.93. The van der Waals surface area contributed by atoms with Crippen LogP contribution in [0.2, 0.25) is 0 Å². The van der Waals surface area contributed by atoms with Crippen molar-refractivity contribution < 1.29 is 14.3 Å². The molecule has 0 heterocycles. The Hall–Kier alpha value is -1.12. The summed E-state index contributed by atoms with van der Waals surface area (Å²) in [6, 6.07) is 0. The smallest absolute Gasteiger partial charge is 0.330 e.